The molecule has 0 fully saturated rings. The Morgan fingerprint density at radius 1 is 1.56 bits per heavy atom. The molecule has 0 aliphatic carbocycles. The Balaban J connectivity index is 2.07. The van der Waals surface area contributed by atoms with E-state index in [1.807, 2.05) is 12.3 Å². The summed E-state index contributed by atoms with van der Waals surface area (Å²) in [7, 11) is 2.10. The minimum absolute atomic E-state index is 0.141. The van der Waals surface area contributed by atoms with Crippen LogP contribution in [-0.4, -0.2) is 39.5 Å². The third-order valence-electron chi connectivity index (χ3n) is 3.71. The van der Waals surface area contributed by atoms with Crippen LogP contribution in [0, 0.1) is 0 Å². The Kier molecular flexibility index (Phi) is 2.85. The second-order valence-electron chi connectivity index (χ2n) is 4.71. The van der Waals surface area contributed by atoms with Gasteiger partial charge in [-0.25, -0.2) is 4.98 Å². The molecule has 5 nitrogen and oxygen atoms in total. The molecule has 3 rings (SSSR count). The molecule has 0 aromatic carbocycles. The minimum Gasteiger partial charge on any atom is -0.348 e. The van der Waals surface area contributed by atoms with Crippen molar-refractivity contribution in [3.8, 4) is 0 Å². The van der Waals surface area contributed by atoms with Gasteiger partial charge in [-0.1, -0.05) is 6.07 Å². The molecule has 0 bridgehead atoms. The summed E-state index contributed by atoms with van der Waals surface area (Å²) in [6.07, 6.45) is 6.39. The number of likely N-dealkylation sites (N-methyl/N-ethyl adjacent to an activating group) is 1. The first-order valence-corrected chi connectivity index (χ1v) is 6.15. The van der Waals surface area contributed by atoms with Crippen molar-refractivity contribution in [1.82, 2.24) is 19.9 Å². The van der Waals surface area contributed by atoms with Crippen molar-refractivity contribution in [1.29, 1.82) is 0 Å². The number of nitrogens with two attached hydrogens (primary N) is 1. The van der Waals surface area contributed by atoms with Gasteiger partial charge in [-0.3, -0.25) is 9.88 Å². The number of hydrogen-bond acceptors (Lipinski definition) is 4. The number of aromatic nitrogens is 3. The minimum atomic E-state index is 0.141. The van der Waals surface area contributed by atoms with Gasteiger partial charge in [0.15, 0.2) is 0 Å². The standard InChI is InChI=1S/C13H17N5/c1-18-10(6-14)5-11-12(17-8-16-11)13(18)9-3-2-4-15-7-9/h2-4,7-8,10,13H,5-6,14H2,1H3,(H,16,17). The van der Waals surface area contributed by atoms with Gasteiger partial charge in [0.2, 0.25) is 0 Å². The lowest BCUT2D eigenvalue weighted by molar-refractivity contribution is 0.180. The van der Waals surface area contributed by atoms with Crippen LogP contribution in [0.5, 0.6) is 0 Å². The summed E-state index contributed by atoms with van der Waals surface area (Å²) in [5.74, 6) is 0. The molecule has 5 heteroatoms. The normalized spacial score (nSPS) is 23.9. The van der Waals surface area contributed by atoms with Crippen molar-refractivity contribution in [3.63, 3.8) is 0 Å². The Labute approximate surface area is 106 Å². The average molecular weight is 243 g/mol. The molecule has 1 aliphatic heterocycles. The van der Waals surface area contributed by atoms with Crippen LogP contribution in [0.2, 0.25) is 0 Å². The molecule has 1 aliphatic rings. The fraction of sp³-hybridized carbons (Fsp3) is 0.385. The molecule has 3 N–H and O–H groups in total. The van der Waals surface area contributed by atoms with E-state index in [9.17, 15) is 0 Å². The molecule has 0 saturated heterocycles. The average Bonchev–Trinajstić information content (AvgIpc) is 2.86. The van der Waals surface area contributed by atoms with Crippen LogP contribution >= 0.6 is 0 Å². The van der Waals surface area contributed by atoms with E-state index in [4.69, 9.17) is 5.73 Å². The zero-order chi connectivity index (χ0) is 12.5. The van der Waals surface area contributed by atoms with Crippen LogP contribution in [0.1, 0.15) is 23.0 Å². The third kappa shape index (κ3) is 1.72. The number of rotatable bonds is 2. The van der Waals surface area contributed by atoms with Gasteiger partial charge in [-0.15, -0.1) is 0 Å². The Morgan fingerprint density at radius 2 is 2.44 bits per heavy atom. The number of H-pyrrole nitrogens is 1. The van der Waals surface area contributed by atoms with E-state index < -0.39 is 0 Å². The Hall–Kier alpha value is -1.72. The molecular formula is C13H17N5. The van der Waals surface area contributed by atoms with E-state index in [1.165, 1.54) is 5.69 Å². The Morgan fingerprint density at radius 3 is 3.17 bits per heavy atom. The first-order chi connectivity index (χ1) is 8.81. The van der Waals surface area contributed by atoms with Crippen LogP contribution in [0.25, 0.3) is 0 Å². The number of pyridine rings is 1. The summed E-state index contributed by atoms with van der Waals surface area (Å²) in [6.45, 7) is 0.645. The third-order valence-corrected chi connectivity index (χ3v) is 3.71. The van der Waals surface area contributed by atoms with E-state index in [-0.39, 0.29) is 6.04 Å². The van der Waals surface area contributed by atoms with Crippen LogP contribution in [0.4, 0.5) is 0 Å². The van der Waals surface area contributed by atoms with Crippen molar-refractivity contribution in [2.45, 2.75) is 18.5 Å². The number of nitrogens with zero attached hydrogens (tertiary/aromatic N) is 3. The monoisotopic (exact) mass is 243 g/mol. The van der Waals surface area contributed by atoms with Gasteiger partial charge in [0.05, 0.1) is 18.1 Å². The summed E-state index contributed by atoms with van der Waals surface area (Å²) < 4.78 is 0. The molecule has 0 saturated carbocycles. The quantitative estimate of drug-likeness (QED) is 0.815. The first-order valence-electron chi connectivity index (χ1n) is 6.15. The van der Waals surface area contributed by atoms with Gasteiger partial charge < -0.3 is 10.7 Å². The van der Waals surface area contributed by atoms with Gasteiger partial charge >= 0.3 is 0 Å². The summed E-state index contributed by atoms with van der Waals surface area (Å²) in [5.41, 5.74) is 9.31. The molecule has 18 heavy (non-hydrogen) atoms. The van der Waals surface area contributed by atoms with Crippen LogP contribution in [-0.2, 0) is 6.42 Å². The topological polar surface area (TPSA) is 70.8 Å². The van der Waals surface area contributed by atoms with Gasteiger partial charge in [-0.05, 0) is 18.7 Å². The number of nitrogens with one attached hydrogen (secondary N) is 1. The highest BCUT2D eigenvalue weighted by molar-refractivity contribution is 5.31. The van der Waals surface area contributed by atoms with Gasteiger partial charge in [0.1, 0.15) is 0 Å². The second kappa shape index (κ2) is 4.51. The van der Waals surface area contributed by atoms with E-state index in [0.717, 1.165) is 17.7 Å². The summed E-state index contributed by atoms with van der Waals surface area (Å²) >= 11 is 0. The molecular weight excluding hydrogens is 226 g/mol. The van der Waals surface area contributed by atoms with E-state index in [0.29, 0.717) is 12.6 Å². The van der Waals surface area contributed by atoms with Crippen LogP contribution < -0.4 is 5.73 Å². The fourth-order valence-corrected chi connectivity index (χ4v) is 2.69. The van der Waals surface area contributed by atoms with Crippen molar-refractivity contribution in [2.24, 2.45) is 5.73 Å². The van der Waals surface area contributed by atoms with Crippen molar-refractivity contribution < 1.29 is 0 Å². The predicted octanol–water partition coefficient (Wildman–Crippen LogP) is 0.709. The van der Waals surface area contributed by atoms with Crippen LogP contribution in [0.15, 0.2) is 30.9 Å². The maximum atomic E-state index is 5.87. The number of aromatic amines is 1. The largest absolute Gasteiger partial charge is 0.348 e. The zero-order valence-corrected chi connectivity index (χ0v) is 10.4. The maximum Gasteiger partial charge on any atom is 0.0926 e. The Bertz CT molecular complexity index is 521. The summed E-state index contributed by atoms with van der Waals surface area (Å²) in [4.78, 5) is 14.2. The summed E-state index contributed by atoms with van der Waals surface area (Å²) in [6, 6.07) is 4.53. The lowest BCUT2D eigenvalue weighted by atomic mass is 9.93. The lowest BCUT2D eigenvalue weighted by Crippen LogP contribution is -2.45. The van der Waals surface area contributed by atoms with Gasteiger partial charge in [0, 0.05) is 37.1 Å². The number of fused-ring (bicyclic) bond motifs is 1. The smallest absolute Gasteiger partial charge is 0.0926 e. The van der Waals surface area contributed by atoms with Crippen molar-refractivity contribution in [2.75, 3.05) is 13.6 Å². The molecule has 0 amide bonds. The van der Waals surface area contributed by atoms with Crippen LogP contribution in [0.3, 0.4) is 0 Å². The number of hydrogen-bond donors (Lipinski definition) is 2. The molecule has 94 valence electrons. The molecule has 0 radical (unpaired) electrons. The molecule has 2 unspecified atom stereocenters. The summed E-state index contributed by atoms with van der Waals surface area (Å²) in [5, 5.41) is 0. The highest BCUT2D eigenvalue weighted by Gasteiger charge is 2.34. The fourth-order valence-electron chi connectivity index (χ4n) is 2.69. The van der Waals surface area contributed by atoms with E-state index >= 15 is 0 Å². The molecule has 3 heterocycles. The van der Waals surface area contributed by atoms with Crippen molar-refractivity contribution >= 4 is 0 Å². The zero-order valence-electron chi connectivity index (χ0n) is 10.4. The molecule has 2 atom stereocenters. The first kappa shape index (κ1) is 11.4. The second-order valence-corrected chi connectivity index (χ2v) is 4.71. The SMILES string of the molecule is CN1C(CN)Cc2[nH]cnc2C1c1cccnc1. The van der Waals surface area contributed by atoms with Gasteiger partial charge in [-0.2, -0.15) is 0 Å². The highest BCUT2D eigenvalue weighted by Crippen LogP contribution is 2.34. The maximum absolute atomic E-state index is 5.87. The van der Waals surface area contributed by atoms with E-state index in [1.54, 1.807) is 12.5 Å². The highest BCUT2D eigenvalue weighted by atomic mass is 15.2. The lowest BCUT2D eigenvalue weighted by Gasteiger charge is -2.38. The predicted molar refractivity (Wildman–Crippen MR) is 69.0 cm³/mol. The van der Waals surface area contributed by atoms with E-state index in [2.05, 4.69) is 33.0 Å². The van der Waals surface area contributed by atoms with Gasteiger partial charge in [0.25, 0.3) is 0 Å². The number of imidazole rings is 1. The molecule has 0 spiro atoms. The molecule has 2 aromatic heterocycles. The molecule has 2 aromatic rings. The van der Waals surface area contributed by atoms with Crippen molar-refractivity contribution in [3.05, 3.63) is 47.8 Å².